The van der Waals surface area contributed by atoms with Gasteiger partial charge in [0.05, 0.1) is 0 Å². The minimum Gasteiger partial charge on any atom is -0.299 e. The molecule has 3 heteroatoms. The summed E-state index contributed by atoms with van der Waals surface area (Å²) in [4.78, 5) is 36.7. The second-order valence-electron chi connectivity index (χ2n) is 7.69. The van der Waals surface area contributed by atoms with E-state index in [1.807, 2.05) is 13.0 Å². The highest BCUT2D eigenvalue weighted by Gasteiger charge is 2.59. The number of Topliss-reactive ketones (excluding diaryl/α,β-unsaturated/α-hetero) is 2. The maximum Gasteiger partial charge on any atom is 0.155 e. The molecule has 5 atom stereocenters. The third-order valence-electron chi connectivity index (χ3n) is 6.75. The summed E-state index contributed by atoms with van der Waals surface area (Å²) < 4.78 is 0. The van der Waals surface area contributed by atoms with E-state index in [9.17, 15) is 14.4 Å². The number of rotatable bonds is 0. The van der Waals surface area contributed by atoms with E-state index < -0.39 is 0 Å². The summed E-state index contributed by atoms with van der Waals surface area (Å²) in [6.45, 7) is 2.02. The van der Waals surface area contributed by atoms with Crippen molar-refractivity contribution in [2.24, 2.45) is 29.1 Å². The number of hydrogen-bond donors (Lipinski definition) is 0. The number of carbonyl (C=O) groups is 3. The van der Waals surface area contributed by atoms with Crippen molar-refractivity contribution < 1.29 is 14.4 Å². The van der Waals surface area contributed by atoms with Crippen LogP contribution < -0.4 is 0 Å². The van der Waals surface area contributed by atoms with E-state index in [0.29, 0.717) is 42.7 Å². The van der Waals surface area contributed by atoms with Gasteiger partial charge in [-0.1, -0.05) is 12.5 Å². The van der Waals surface area contributed by atoms with Crippen molar-refractivity contribution in [3.63, 3.8) is 0 Å². The zero-order valence-corrected chi connectivity index (χ0v) is 12.6. The molecule has 0 unspecified atom stereocenters. The highest BCUT2D eigenvalue weighted by Crippen LogP contribution is 2.59. The van der Waals surface area contributed by atoms with Crippen molar-refractivity contribution in [3.8, 4) is 0 Å². The molecule has 4 aliphatic rings. The van der Waals surface area contributed by atoms with E-state index in [0.717, 1.165) is 25.7 Å². The molecule has 0 saturated heterocycles. The maximum absolute atomic E-state index is 12.8. The molecule has 3 nitrogen and oxygen atoms in total. The van der Waals surface area contributed by atoms with E-state index in [4.69, 9.17) is 0 Å². The van der Waals surface area contributed by atoms with Crippen molar-refractivity contribution >= 4 is 17.3 Å². The maximum atomic E-state index is 12.8. The van der Waals surface area contributed by atoms with Crippen molar-refractivity contribution in [3.05, 3.63) is 11.6 Å². The van der Waals surface area contributed by atoms with Crippen LogP contribution in [0.25, 0.3) is 0 Å². The highest BCUT2D eigenvalue weighted by molar-refractivity contribution is 5.96. The SMILES string of the molecule is C[C@]12CC(=O)[C@H]3[C@@H](CCC4=CC(=O)CC[C@@H]43)[C@@H]1CCC2=O. The lowest BCUT2D eigenvalue weighted by Gasteiger charge is -2.50. The van der Waals surface area contributed by atoms with Gasteiger partial charge >= 0.3 is 0 Å². The number of fused-ring (bicyclic) bond motifs is 5. The minimum absolute atomic E-state index is 0.0853. The van der Waals surface area contributed by atoms with Gasteiger partial charge in [-0.2, -0.15) is 0 Å². The summed E-state index contributed by atoms with van der Waals surface area (Å²) in [5.74, 6) is 1.96. The molecule has 112 valence electrons. The zero-order chi connectivity index (χ0) is 14.8. The molecule has 0 aromatic carbocycles. The van der Waals surface area contributed by atoms with Crippen LogP contribution in [0.4, 0.5) is 0 Å². The largest absolute Gasteiger partial charge is 0.299 e. The van der Waals surface area contributed by atoms with Gasteiger partial charge in [-0.3, -0.25) is 14.4 Å². The fraction of sp³-hybridized carbons (Fsp3) is 0.722. The molecule has 0 bridgehead atoms. The van der Waals surface area contributed by atoms with Gasteiger partial charge in [0.1, 0.15) is 11.6 Å². The van der Waals surface area contributed by atoms with Crippen LogP contribution in [0.15, 0.2) is 11.6 Å². The first-order valence-corrected chi connectivity index (χ1v) is 8.30. The van der Waals surface area contributed by atoms with Crippen LogP contribution in [0, 0.1) is 29.1 Å². The van der Waals surface area contributed by atoms with E-state index >= 15 is 0 Å². The van der Waals surface area contributed by atoms with Gasteiger partial charge in [0.2, 0.25) is 0 Å². The van der Waals surface area contributed by atoms with Crippen molar-refractivity contribution in [1.82, 2.24) is 0 Å². The fourth-order valence-corrected chi connectivity index (χ4v) is 5.76. The van der Waals surface area contributed by atoms with Crippen LogP contribution in [0.3, 0.4) is 0 Å². The van der Waals surface area contributed by atoms with Crippen LogP contribution in [-0.4, -0.2) is 17.3 Å². The molecule has 0 radical (unpaired) electrons. The topological polar surface area (TPSA) is 51.2 Å². The molecule has 0 spiro atoms. The molecule has 0 aliphatic heterocycles. The predicted octanol–water partition coefficient (Wildman–Crippen LogP) is 2.88. The van der Waals surface area contributed by atoms with Crippen LogP contribution in [0.5, 0.6) is 0 Å². The Morgan fingerprint density at radius 2 is 1.86 bits per heavy atom. The zero-order valence-electron chi connectivity index (χ0n) is 12.6. The lowest BCUT2D eigenvalue weighted by Crippen LogP contribution is -2.51. The van der Waals surface area contributed by atoms with Gasteiger partial charge in [-0.05, 0) is 49.5 Å². The smallest absolute Gasteiger partial charge is 0.155 e. The molecular formula is C18H22O3. The molecule has 3 saturated carbocycles. The number of carbonyl (C=O) groups excluding carboxylic acids is 3. The lowest BCUT2D eigenvalue weighted by molar-refractivity contribution is -0.146. The van der Waals surface area contributed by atoms with E-state index in [-0.39, 0.29) is 23.0 Å². The molecule has 4 rings (SSSR count). The first-order valence-electron chi connectivity index (χ1n) is 8.30. The van der Waals surface area contributed by atoms with Crippen molar-refractivity contribution in [1.29, 1.82) is 0 Å². The standard InChI is InChI=1S/C18H22O3/c1-18-9-15(20)17-12-5-3-11(19)8-10(12)2-4-13(17)14(18)6-7-16(18)21/h8,12-14,17H,2-7,9H2,1H3/t12-,13-,14-,17+,18-/m0/s1. The van der Waals surface area contributed by atoms with Gasteiger partial charge < -0.3 is 0 Å². The highest BCUT2D eigenvalue weighted by atomic mass is 16.1. The number of hydrogen-bond acceptors (Lipinski definition) is 3. The Hall–Kier alpha value is -1.25. The molecule has 3 fully saturated rings. The Balaban J connectivity index is 1.71. The average Bonchev–Trinajstić information content (AvgIpc) is 2.74. The summed E-state index contributed by atoms with van der Waals surface area (Å²) in [5.41, 5.74) is 0.831. The summed E-state index contributed by atoms with van der Waals surface area (Å²) >= 11 is 0. The molecule has 4 aliphatic carbocycles. The first kappa shape index (κ1) is 13.4. The van der Waals surface area contributed by atoms with Gasteiger partial charge in [-0.15, -0.1) is 0 Å². The summed E-state index contributed by atoms with van der Waals surface area (Å²) in [5, 5.41) is 0. The van der Waals surface area contributed by atoms with Gasteiger partial charge in [0.15, 0.2) is 5.78 Å². The van der Waals surface area contributed by atoms with Crippen LogP contribution in [0.1, 0.15) is 51.9 Å². The van der Waals surface area contributed by atoms with Crippen LogP contribution in [-0.2, 0) is 14.4 Å². The van der Waals surface area contributed by atoms with Crippen molar-refractivity contribution in [2.75, 3.05) is 0 Å². The molecular weight excluding hydrogens is 264 g/mol. The Kier molecular flexibility index (Phi) is 2.79. The first-order chi connectivity index (χ1) is 10.0. The Bertz CT molecular complexity index is 573. The molecule has 0 aromatic heterocycles. The number of allylic oxidation sites excluding steroid dienone is 1. The third-order valence-corrected chi connectivity index (χ3v) is 6.75. The monoisotopic (exact) mass is 286 g/mol. The molecule has 21 heavy (non-hydrogen) atoms. The second kappa shape index (κ2) is 4.37. The van der Waals surface area contributed by atoms with E-state index in [1.165, 1.54) is 5.57 Å². The van der Waals surface area contributed by atoms with Crippen LogP contribution in [0.2, 0.25) is 0 Å². The van der Waals surface area contributed by atoms with Crippen LogP contribution >= 0.6 is 0 Å². The average molecular weight is 286 g/mol. The van der Waals surface area contributed by atoms with E-state index in [1.54, 1.807) is 0 Å². The van der Waals surface area contributed by atoms with Crippen molar-refractivity contribution in [2.45, 2.75) is 51.9 Å². The quantitative estimate of drug-likeness (QED) is 0.688. The lowest BCUT2D eigenvalue weighted by atomic mass is 9.52. The van der Waals surface area contributed by atoms with E-state index in [2.05, 4.69) is 0 Å². The normalized spacial score (nSPS) is 45.8. The minimum atomic E-state index is -0.385. The summed E-state index contributed by atoms with van der Waals surface area (Å²) in [6, 6.07) is 0. The summed E-state index contributed by atoms with van der Waals surface area (Å²) in [7, 11) is 0. The third kappa shape index (κ3) is 1.75. The molecule has 0 amide bonds. The van der Waals surface area contributed by atoms with Gasteiger partial charge in [-0.25, -0.2) is 0 Å². The molecule has 0 heterocycles. The fourth-order valence-electron chi connectivity index (χ4n) is 5.76. The van der Waals surface area contributed by atoms with Gasteiger partial charge in [0.25, 0.3) is 0 Å². The predicted molar refractivity (Wildman–Crippen MR) is 77.5 cm³/mol. The van der Waals surface area contributed by atoms with Gasteiger partial charge in [0, 0.05) is 30.6 Å². The Morgan fingerprint density at radius 1 is 1.05 bits per heavy atom. The Labute approximate surface area is 125 Å². The Morgan fingerprint density at radius 3 is 2.67 bits per heavy atom. The molecule has 0 N–H and O–H groups in total. The molecule has 0 aromatic rings. The number of ketones is 3. The second-order valence-corrected chi connectivity index (χ2v) is 7.69. The summed E-state index contributed by atoms with van der Waals surface area (Å²) in [6.07, 6.45) is 7.24.